The van der Waals surface area contributed by atoms with Crippen LogP contribution in [-0.4, -0.2) is 0 Å². The molecule has 4 aromatic rings. The van der Waals surface area contributed by atoms with Crippen molar-refractivity contribution in [2.75, 3.05) is 0 Å². The van der Waals surface area contributed by atoms with E-state index in [1.165, 1.54) is 0 Å². The molecule has 0 aliphatic heterocycles. The van der Waals surface area contributed by atoms with Gasteiger partial charge < -0.3 is 30.3 Å². The van der Waals surface area contributed by atoms with Crippen LogP contribution in [0.1, 0.15) is 0 Å². The van der Waals surface area contributed by atoms with E-state index in [0.717, 1.165) is 11.4 Å². The molecule has 0 N–H and O–H groups in total. The van der Waals surface area contributed by atoms with Gasteiger partial charge in [0.25, 0.3) is 0 Å². The van der Waals surface area contributed by atoms with Crippen LogP contribution >= 0.6 is 0 Å². The van der Waals surface area contributed by atoms with Crippen LogP contribution < -0.4 is 0 Å². The first-order valence-corrected chi connectivity index (χ1v) is 7.80. The van der Waals surface area contributed by atoms with E-state index in [4.69, 9.17) is 0 Å². The second-order valence-corrected chi connectivity index (χ2v) is 4.80. The van der Waals surface area contributed by atoms with Gasteiger partial charge in [-0.15, -0.1) is 0 Å². The van der Waals surface area contributed by atoms with Crippen molar-refractivity contribution in [2.24, 2.45) is 10.2 Å². The van der Waals surface area contributed by atoms with Crippen molar-refractivity contribution in [3.63, 3.8) is 0 Å². The van der Waals surface area contributed by atoms with Crippen LogP contribution in [-0.2, 0) is 21.7 Å². The zero-order chi connectivity index (χ0) is 16.7. The third-order valence-corrected chi connectivity index (χ3v) is 2.90. The van der Waals surface area contributed by atoms with Gasteiger partial charge in [0.05, 0.1) is 11.4 Å². The maximum absolute atomic E-state index is 4.10. The molecule has 0 spiro atoms. The molecule has 0 saturated carbocycles. The van der Waals surface area contributed by atoms with Crippen molar-refractivity contribution in [3.05, 3.63) is 121 Å². The molecule has 0 radical (unpaired) electrons. The summed E-state index contributed by atoms with van der Waals surface area (Å²) in [6.45, 7) is 0. The number of benzene rings is 2. The van der Waals surface area contributed by atoms with E-state index in [1.807, 2.05) is 121 Å². The zero-order valence-electron chi connectivity index (χ0n) is 13.9. The number of rotatable bonds is 2. The molecule has 0 bridgehead atoms. The summed E-state index contributed by atoms with van der Waals surface area (Å²) in [7, 11) is 0. The number of nitrogens with zero attached hydrogens (tertiary/aromatic N) is 2. The Hall–Kier alpha value is -2.55. The van der Waals surface area contributed by atoms with Gasteiger partial charge >= 0.3 is 0 Å². The van der Waals surface area contributed by atoms with Crippen molar-refractivity contribution in [1.29, 1.82) is 0 Å². The average Bonchev–Trinajstić information content (AvgIpc) is 3.40. The molecule has 0 fully saturated rings. The van der Waals surface area contributed by atoms with Gasteiger partial charge in [0.1, 0.15) is 0 Å². The van der Waals surface area contributed by atoms with E-state index in [-0.39, 0.29) is 21.7 Å². The molecule has 4 aromatic carbocycles. The Kier molecular flexibility index (Phi) is 11.4. The minimum absolute atomic E-state index is 0. The fourth-order valence-corrected chi connectivity index (χ4v) is 1.75. The number of hydrogen-bond donors (Lipinski definition) is 0. The Balaban J connectivity index is 0.000000233. The molecule has 2 nitrogen and oxygen atoms in total. The van der Waals surface area contributed by atoms with Crippen LogP contribution in [0.5, 0.6) is 0 Å². The maximum atomic E-state index is 4.10. The summed E-state index contributed by atoms with van der Waals surface area (Å²) in [4.78, 5) is 0. The van der Waals surface area contributed by atoms with E-state index in [1.54, 1.807) is 0 Å². The Morgan fingerprint density at radius 1 is 0.480 bits per heavy atom. The average molecular weight is 360 g/mol. The normalized spacial score (nSPS) is 9.12. The molecule has 0 amide bonds. The van der Waals surface area contributed by atoms with Gasteiger partial charge in [0, 0.05) is 21.7 Å². The molecule has 4 rings (SSSR count). The first-order chi connectivity index (χ1) is 11.9. The van der Waals surface area contributed by atoms with Gasteiger partial charge in [-0.25, -0.2) is 12.1 Å². The molecular weight excluding hydrogens is 340 g/mol. The first kappa shape index (κ1) is 20.5. The van der Waals surface area contributed by atoms with Crippen LogP contribution in [0.15, 0.2) is 132 Å². The molecule has 0 aliphatic carbocycles. The van der Waals surface area contributed by atoms with Crippen molar-refractivity contribution in [2.45, 2.75) is 0 Å². The van der Waals surface area contributed by atoms with Crippen LogP contribution in [0.3, 0.4) is 0 Å². The van der Waals surface area contributed by atoms with Crippen LogP contribution in [0, 0.1) is 0 Å². The largest absolute Gasteiger partial charge is 0.748 e. The second kappa shape index (κ2) is 13.9. The van der Waals surface area contributed by atoms with Crippen molar-refractivity contribution in [1.82, 2.24) is 0 Å². The molecule has 0 heterocycles. The van der Waals surface area contributed by atoms with E-state index in [2.05, 4.69) is 10.2 Å². The molecule has 0 aliphatic rings. The number of azo groups is 1. The van der Waals surface area contributed by atoms with Crippen LogP contribution in [0.4, 0.5) is 11.4 Å². The van der Waals surface area contributed by atoms with Gasteiger partial charge in [-0.3, -0.25) is 0 Å². The Morgan fingerprint density at radius 3 is 1.12 bits per heavy atom. The quantitative estimate of drug-likeness (QED) is 0.211. The summed E-state index contributed by atoms with van der Waals surface area (Å²) in [5.74, 6) is 0. The third-order valence-electron chi connectivity index (χ3n) is 2.90. The first-order valence-electron chi connectivity index (χ1n) is 7.80. The van der Waals surface area contributed by atoms with E-state index < -0.39 is 0 Å². The second-order valence-electron chi connectivity index (χ2n) is 4.80. The van der Waals surface area contributed by atoms with Gasteiger partial charge in [0.2, 0.25) is 0 Å². The smallest absolute Gasteiger partial charge is 0.0857 e. The summed E-state index contributed by atoms with van der Waals surface area (Å²) < 4.78 is 0. The molecule has 3 heteroatoms. The predicted octanol–water partition coefficient (Wildman–Crippen LogP) is 6.91. The standard InChI is InChI=1S/C12H10N2.2C5H5.Ti/c1-3-7-11(8-4-1)13-14-12-9-5-2-6-10-12;2*1-2-4-5-3-1;/h1-10H;2*1-5H;/q;-5;-1;. The molecule has 0 unspecified atom stereocenters. The minimum Gasteiger partial charge on any atom is -0.748 e. The third kappa shape index (κ3) is 10.0. The summed E-state index contributed by atoms with van der Waals surface area (Å²) >= 11 is 0. The van der Waals surface area contributed by atoms with Crippen molar-refractivity contribution < 1.29 is 21.7 Å². The summed E-state index contributed by atoms with van der Waals surface area (Å²) in [5, 5.41) is 8.20. The Bertz CT molecular complexity index is 644. The summed E-state index contributed by atoms with van der Waals surface area (Å²) in [5.41, 5.74) is 1.74. The van der Waals surface area contributed by atoms with Crippen molar-refractivity contribution >= 4 is 11.4 Å². The minimum atomic E-state index is 0. The topological polar surface area (TPSA) is 24.7 Å². The molecular formula is C22H20N2Ti-6. The summed E-state index contributed by atoms with van der Waals surface area (Å²) in [6.07, 6.45) is 0. The van der Waals surface area contributed by atoms with Gasteiger partial charge in [-0.05, 0) is 24.3 Å². The fraction of sp³-hybridized carbons (Fsp3) is 0. The summed E-state index contributed by atoms with van der Waals surface area (Å²) in [6, 6.07) is 39.4. The van der Waals surface area contributed by atoms with Gasteiger partial charge in [0.15, 0.2) is 0 Å². The van der Waals surface area contributed by atoms with E-state index >= 15 is 0 Å². The fourth-order valence-electron chi connectivity index (χ4n) is 1.75. The van der Waals surface area contributed by atoms with Gasteiger partial charge in [-0.1, -0.05) is 36.4 Å². The van der Waals surface area contributed by atoms with Crippen molar-refractivity contribution in [3.8, 4) is 0 Å². The molecule has 25 heavy (non-hydrogen) atoms. The van der Waals surface area contributed by atoms with Gasteiger partial charge in [-0.2, -0.15) is 28.4 Å². The SMILES string of the molecule is [Ti].[cH-]1[cH-][cH-][cH-][cH-]1.c1cc[cH-]c1.c1ccc(N=Nc2ccccc2)cc1. The molecule has 128 valence electrons. The monoisotopic (exact) mass is 360 g/mol. The predicted molar refractivity (Wildman–Crippen MR) is 101 cm³/mol. The molecule has 0 saturated heterocycles. The van der Waals surface area contributed by atoms with E-state index in [0.29, 0.717) is 0 Å². The zero-order valence-corrected chi connectivity index (χ0v) is 15.5. The Labute approximate surface area is 164 Å². The van der Waals surface area contributed by atoms with Crippen LogP contribution in [0.2, 0.25) is 0 Å². The molecule has 0 atom stereocenters. The molecule has 0 aromatic heterocycles. The number of hydrogen-bond acceptors (Lipinski definition) is 2. The Morgan fingerprint density at radius 2 is 0.840 bits per heavy atom. The maximum Gasteiger partial charge on any atom is 0.0857 e. The van der Waals surface area contributed by atoms with E-state index in [9.17, 15) is 0 Å². The van der Waals surface area contributed by atoms with Crippen LogP contribution in [0.25, 0.3) is 0 Å².